The molecule has 0 bridgehead atoms. The summed E-state index contributed by atoms with van der Waals surface area (Å²) in [5.41, 5.74) is 1.38. The first-order valence-corrected chi connectivity index (χ1v) is 5.70. The molecule has 2 heterocycles. The molecule has 0 saturated carbocycles. The number of fused-ring (bicyclic) bond motifs is 1. The number of rotatable bonds is 3. The Bertz CT molecular complexity index is 555. The normalized spacial score (nSPS) is 11.1. The molecule has 0 aromatic carbocycles. The third kappa shape index (κ3) is 1.79. The van der Waals surface area contributed by atoms with E-state index in [1.54, 1.807) is 0 Å². The molecule has 2 aromatic heterocycles. The molecule has 0 amide bonds. The first kappa shape index (κ1) is 11.6. The van der Waals surface area contributed by atoms with Gasteiger partial charge in [0.1, 0.15) is 17.3 Å². The minimum absolute atomic E-state index is 0.275. The van der Waals surface area contributed by atoms with E-state index in [0.717, 1.165) is 23.4 Å². The third-order valence-corrected chi connectivity index (χ3v) is 2.78. The van der Waals surface area contributed by atoms with Crippen LogP contribution in [0.3, 0.4) is 0 Å². The van der Waals surface area contributed by atoms with Gasteiger partial charge in [-0.25, -0.2) is 4.98 Å². The standard InChI is InChI=1S/C13H17N3O/c1-9(2)13-14-10(8-17)11-6-5-7-12(15(3)4)16(11)13/h5-9H,1-4H3. The number of carbonyl (C=O) groups excluding carboxylic acids is 1. The van der Waals surface area contributed by atoms with E-state index in [0.29, 0.717) is 5.69 Å². The minimum atomic E-state index is 0.275. The van der Waals surface area contributed by atoms with Crippen molar-refractivity contribution in [3.05, 3.63) is 29.7 Å². The van der Waals surface area contributed by atoms with Crippen molar-refractivity contribution >= 4 is 17.6 Å². The van der Waals surface area contributed by atoms with E-state index in [1.165, 1.54) is 0 Å². The minimum Gasteiger partial charge on any atom is -0.364 e. The number of nitrogens with zero attached hydrogens (tertiary/aromatic N) is 3. The lowest BCUT2D eigenvalue weighted by atomic mass is 10.2. The summed E-state index contributed by atoms with van der Waals surface area (Å²) in [6.07, 6.45) is 0.820. The van der Waals surface area contributed by atoms with Crippen LogP contribution in [0.5, 0.6) is 0 Å². The van der Waals surface area contributed by atoms with Crippen molar-refractivity contribution in [3.63, 3.8) is 0 Å². The van der Waals surface area contributed by atoms with E-state index in [-0.39, 0.29) is 5.92 Å². The van der Waals surface area contributed by atoms with Gasteiger partial charge < -0.3 is 4.90 Å². The van der Waals surface area contributed by atoms with Gasteiger partial charge in [-0.1, -0.05) is 19.9 Å². The molecule has 0 unspecified atom stereocenters. The number of hydrogen-bond donors (Lipinski definition) is 0. The van der Waals surface area contributed by atoms with Crippen LogP contribution in [0, 0.1) is 0 Å². The molecule has 0 N–H and O–H groups in total. The van der Waals surface area contributed by atoms with Crippen LogP contribution in [-0.2, 0) is 0 Å². The van der Waals surface area contributed by atoms with Gasteiger partial charge in [0, 0.05) is 20.0 Å². The quantitative estimate of drug-likeness (QED) is 0.761. The predicted molar refractivity (Wildman–Crippen MR) is 69.0 cm³/mol. The maximum Gasteiger partial charge on any atom is 0.170 e. The summed E-state index contributed by atoms with van der Waals surface area (Å²) in [7, 11) is 3.97. The summed E-state index contributed by atoms with van der Waals surface area (Å²) in [6, 6.07) is 5.90. The number of imidazole rings is 1. The highest BCUT2D eigenvalue weighted by atomic mass is 16.1. The highest BCUT2D eigenvalue weighted by Crippen LogP contribution is 2.24. The smallest absolute Gasteiger partial charge is 0.170 e. The second-order valence-electron chi connectivity index (χ2n) is 4.63. The molecular weight excluding hydrogens is 214 g/mol. The van der Waals surface area contributed by atoms with E-state index in [1.807, 2.05) is 37.2 Å². The Balaban J connectivity index is 2.86. The van der Waals surface area contributed by atoms with Crippen LogP contribution in [0.15, 0.2) is 18.2 Å². The summed E-state index contributed by atoms with van der Waals surface area (Å²) in [6.45, 7) is 4.16. The van der Waals surface area contributed by atoms with Crippen LogP contribution in [-0.4, -0.2) is 29.8 Å². The SMILES string of the molecule is CC(C)c1nc(C=O)c2cccc(N(C)C)n12. The van der Waals surface area contributed by atoms with Crippen LogP contribution in [0.25, 0.3) is 5.52 Å². The summed E-state index contributed by atoms with van der Waals surface area (Å²) in [5, 5.41) is 0. The largest absolute Gasteiger partial charge is 0.364 e. The van der Waals surface area contributed by atoms with Crippen molar-refractivity contribution in [2.75, 3.05) is 19.0 Å². The van der Waals surface area contributed by atoms with E-state index < -0.39 is 0 Å². The summed E-state index contributed by atoms with van der Waals surface area (Å²) in [4.78, 5) is 17.5. The molecule has 90 valence electrons. The maximum absolute atomic E-state index is 11.0. The van der Waals surface area contributed by atoms with Crippen LogP contribution < -0.4 is 4.90 Å². The Kier molecular flexibility index (Phi) is 2.88. The first-order chi connectivity index (χ1) is 8.06. The lowest BCUT2D eigenvalue weighted by molar-refractivity contribution is 0.112. The Labute approximate surface area is 101 Å². The Morgan fingerprint density at radius 3 is 2.59 bits per heavy atom. The zero-order chi connectivity index (χ0) is 12.6. The molecule has 0 saturated heterocycles. The molecule has 0 aliphatic carbocycles. The lowest BCUT2D eigenvalue weighted by Gasteiger charge is -2.17. The number of hydrogen-bond acceptors (Lipinski definition) is 3. The molecule has 0 atom stereocenters. The first-order valence-electron chi connectivity index (χ1n) is 5.70. The van der Waals surface area contributed by atoms with Crippen LogP contribution in [0.4, 0.5) is 5.82 Å². The van der Waals surface area contributed by atoms with Crippen LogP contribution in [0.2, 0.25) is 0 Å². The zero-order valence-electron chi connectivity index (χ0n) is 10.6. The molecule has 0 spiro atoms. The predicted octanol–water partition coefficient (Wildman–Crippen LogP) is 2.34. The van der Waals surface area contributed by atoms with Gasteiger partial charge in [0.2, 0.25) is 0 Å². The van der Waals surface area contributed by atoms with Crippen LogP contribution >= 0.6 is 0 Å². The van der Waals surface area contributed by atoms with Gasteiger partial charge in [-0.3, -0.25) is 9.20 Å². The van der Waals surface area contributed by atoms with Crippen molar-refractivity contribution < 1.29 is 4.79 Å². The average molecular weight is 231 g/mol. The Morgan fingerprint density at radius 1 is 1.35 bits per heavy atom. The molecule has 4 heteroatoms. The van der Waals surface area contributed by atoms with Crippen molar-refractivity contribution in [1.29, 1.82) is 0 Å². The molecule has 0 aliphatic rings. The molecule has 17 heavy (non-hydrogen) atoms. The van der Waals surface area contributed by atoms with Gasteiger partial charge in [-0.2, -0.15) is 0 Å². The van der Waals surface area contributed by atoms with Gasteiger partial charge in [0.15, 0.2) is 6.29 Å². The van der Waals surface area contributed by atoms with E-state index in [9.17, 15) is 4.79 Å². The number of pyridine rings is 1. The Morgan fingerprint density at radius 2 is 2.06 bits per heavy atom. The fourth-order valence-electron chi connectivity index (χ4n) is 1.99. The molecule has 4 nitrogen and oxygen atoms in total. The fourth-order valence-corrected chi connectivity index (χ4v) is 1.99. The second kappa shape index (κ2) is 4.20. The number of aldehydes is 1. The molecule has 0 fully saturated rings. The van der Waals surface area contributed by atoms with Gasteiger partial charge in [0.25, 0.3) is 0 Å². The molecule has 2 aromatic rings. The highest BCUT2D eigenvalue weighted by Gasteiger charge is 2.16. The average Bonchev–Trinajstić information content (AvgIpc) is 2.67. The van der Waals surface area contributed by atoms with Crippen molar-refractivity contribution in [2.24, 2.45) is 0 Å². The molecule has 0 aliphatic heterocycles. The van der Waals surface area contributed by atoms with Crippen molar-refractivity contribution in [2.45, 2.75) is 19.8 Å². The summed E-state index contributed by atoms with van der Waals surface area (Å²) >= 11 is 0. The van der Waals surface area contributed by atoms with Gasteiger partial charge in [0.05, 0.1) is 5.52 Å². The fraction of sp³-hybridized carbons (Fsp3) is 0.385. The van der Waals surface area contributed by atoms with Gasteiger partial charge in [-0.05, 0) is 12.1 Å². The molecular formula is C13H17N3O. The van der Waals surface area contributed by atoms with Gasteiger partial charge >= 0.3 is 0 Å². The number of anilines is 1. The molecule has 0 radical (unpaired) electrons. The zero-order valence-corrected chi connectivity index (χ0v) is 10.6. The summed E-state index contributed by atoms with van der Waals surface area (Å²) < 4.78 is 2.05. The second-order valence-corrected chi connectivity index (χ2v) is 4.63. The van der Waals surface area contributed by atoms with Crippen LogP contribution in [0.1, 0.15) is 36.1 Å². The lowest BCUT2D eigenvalue weighted by Crippen LogP contribution is -2.14. The van der Waals surface area contributed by atoms with E-state index >= 15 is 0 Å². The van der Waals surface area contributed by atoms with Crippen molar-refractivity contribution in [3.8, 4) is 0 Å². The summed E-state index contributed by atoms with van der Waals surface area (Å²) in [5.74, 6) is 2.23. The number of carbonyl (C=O) groups is 1. The monoisotopic (exact) mass is 231 g/mol. The Hall–Kier alpha value is -1.84. The van der Waals surface area contributed by atoms with E-state index in [4.69, 9.17) is 0 Å². The topological polar surface area (TPSA) is 37.6 Å². The van der Waals surface area contributed by atoms with Gasteiger partial charge in [-0.15, -0.1) is 0 Å². The van der Waals surface area contributed by atoms with E-state index in [2.05, 4.69) is 23.2 Å². The van der Waals surface area contributed by atoms with Crippen molar-refractivity contribution in [1.82, 2.24) is 9.38 Å². The molecule has 2 rings (SSSR count). The third-order valence-electron chi connectivity index (χ3n) is 2.78. The number of aromatic nitrogens is 2. The highest BCUT2D eigenvalue weighted by molar-refractivity contribution is 5.84. The maximum atomic E-state index is 11.0.